The number of amides is 1. The molecule has 0 spiro atoms. The first-order valence-electron chi connectivity index (χ1n) is 6.26. The van der Waals surface area contributed by atoms with Crippen LogP contribution in [0.25, 0.3) is 10.9 Å². The molecule has 0 radical (unpaired) electrons. The van der Waals surface area contributed by atoms with Gasteiger partial charge in [-0.05, 0) is 42.6 Å². The first-order valence-corrected chi connectivity index (χ1v) is 7.93. The van der Waals surface area contributed by atoms with Gasteiger partial charge >= 0.3 is 0 Å². The summed E-state index contributed by atoms with van der Waals surface area (Å²) in [4.78, 5) is 16.5. The molecule has 2 N–H and O–H groups in total. The lowest BCUT2D eigenvalue weighted by Gasteiger charge is -2.10. The van der Waals surface area contributed by atoms with Gasteiger partial charge in [0.1, 0.15) is 5.69 Å². The van der Waals surface area contributed by atoms with Crippen LogP contribution in [-0.4, -0.2) is 10.9 Å². The summed E-state index contributed by atoms with van der Waals surface area (Å²) in [6, 6.07) is 11.8. The van der Waals surface area contributed by atoms with Crippen LogP contribution < -0.4 is 5.32 Å². The van der Waals surface area contributed by atoms with Crippen molar-refractivity contribution in [1.82, 2.24) is 10.3 Å². The van der Waals surface area contributed by atoms with E-state index in [2.05, 4.69) is 26.2 Å². The molecule has 102 valence electrons. The number of benzene rings is 1. The Kier molecular flexibility index (Phi) is 3.63. The van der Waals surface area contributed by atoms with E-state index in [0.717, 1.165) is 20.3 Å². The molecule has 1 atom stereocenters. The van der Waals surface area contributed by atoms with Gasteiger partial charge in [-0.25, -0.2) is 0 Å². The predicted molar refractivity (Wildman–Crippen MR) is 86.2 cm³/mol. The highest BCUT2D eigenvalue weighted by molar-refractivity contribution is 9.10. The van der Waals surface area contributed by atoms with Crippen molar-refractivity contribution in [1.29, 1.82) is 0 Å². The Labute approximate surface area is 129 Å². The second-order valence-electron chi connectivity index (χ2n) is 4.63. The molecule has 5 heteroatoms. The molecule has 2 aromatic heterocycles. The summed E-state index contributed by atoms with van der Waals surface area (Å²) >= 11 is 5.08. The Bertz CT molecular complexity index is 748. The van der Waals surface area contributed by atoms with Gasteiger partial charge in [-0.2, -0.15) is 0 Å². The molecule has 0 aliphatic heterocycles. The zero-order chi connectivity index (χ0) is 14.1. The zero-order valence-corrected chi connectivity index (χ0v) is 13.2. The Balaban J connectivity index is 1.82. The molecule has 0 aliphatic rings. The lowest BCUT2D eigenvalue weighted by molar-refractivity contribution is 0.0936. The van der Waals surface area contributed by atoms with Gasteiger partial charge in [0.05, 0.1) is 6.04 Å². The monoisotopic (exact) mass is 348 g/mol. The van der Waals surface area contributed by atoms with Gasteiger partial charge < -0.3 is 10.3 Å². The van der Waals surface area contributed by atoms with Crippen molar-refractivity contribution >= 4 is 44.1 Å². The van der Waals surface area contributed by atoms with Crippen LogP contribution in [0.4, 0.5) is 0 Å². The molecule has 0 aliphatic carbocycles. The van der Waals surface area contributed by atoms with Gasteiger partial charge in [0.25, 0.3) is 5.91 Å². The molecular formula is C15H13BrN2OS. The third kappa shape index (κ3) is 2.64. The molecule has 0 saturated carbocycles. The minimum Gasteiger partial charge on any atom is -0.351 e. The van der Waals surface area contributed by atoms with Crippen LogP contribution in [0.2, 0.25) is 0 Å². The van der Waals surface area contributed by atoms with E-state index >= 15 is 0 Å². The number of fused-ring (bicyclic) bond motifs is 1. The number of carbonyl (C=O) groups is 1. The number of rotatable bonds is 3. The number of nitrogens with one attached hydrogen (secondary N) is 2. The number of H-pyrrole nitrogens is 1. The molecule has 3 nitrogen and oxygen atoms in total. The molecule has 3 rings (SSSR count). The van der Waals surface area contributed by atoms with Crippen LogP contribution in [0.1, 0.15) is 28.3 Å². The lowest BCUT2D eigenvalue weighted by atomic mass is 10.2. The second-order valence-corrected chi connectivity index (χ2v) is 6.52. The smallest absolute Gasteiger partial charge is 0.268 e. The molecule has 0 bridgehead atoms. The first kappa shape index (κ1) is 13.4. The van der Waals surface area contributed by atoms with Gasteiger partial charge in [-0.15, -0.1) is 11.3 Å². The summed E-state index contributed by atoms with van der Waals surface area (Å²) in [5.41, 5.74) is 1.55. The Morgan fingerprint density at radius 3 is 2.95 bits per heavy atom. The maximum absolute atomic E-state index is 12.3. The first-order chi connectivity index (χ1) is 9.63. The van der Waals surface area contributed by atoms with Gasteiger partial charge in [0.2, 0.25) is 0 Å². The highest BCUT2D eigenvalue weighted by Crippen LogP contribution is 2.22. The van der Waals surface area contributed by atoms with Crippen LogP contribution in [0.3, 0.4) is 0 Å². The fraction of sp³-hybridized carbons (Fsp3) is 0.133. The maximum Gasteiger partial charge on any atom is 0.268 e. The van der Waals surface area contributed by atoms with Crippen molar-refractivity contribution in [3.8, 4) is 0 Å². The van der Waals surface area contributed by atoms with E-state index in [4.69, 9.17) is 0 Å². The number of hydrogen-bond donors (Lipinski definition) is 2. The van der Waals surface area contributed by atoms with Crippen LogP contribution in [-0.2, 0) is 0 Å². The highest BCUT2D eigenvalue weighted by atomic mass is 79.9. The summed E-state index contributed by atoms with van der Waals surface area (Å²) in [5, 5.41) is 6.04. The molecule has 3 aromatic rings. The zero-order valence-electron chi connectivity index (χ0n) is 10.8. The summed E-state index contributed by atoms with van der Waals surface area (Å²) in [6.45, 7) is 1.99. The standard InChI is InChI=1S/C15H13BrN2OS/c1-9(14-3-2-6-20-14)17-15(19)13-8-10-7-11(16)4-5-12(10)18-13/h2-9,18H,1H3,(H,17,19)/t9-/m1/s1. The Hall–Kier alpha value is -1.59. The number of aromatic nitrogens is 1. The fourth-order valence-electron chi connectivity index (χ4n) is 2.11. The van der Waals surface area contributed by atoms with Crippen LogP contribution in [0, 0.1) is 0 Å². The third-order valence-electron chi connectivity index (χ3n) is 3.14. The van der Waals surface area contributed by atoms with E-state index < -0.39 is 0 Å². The van der Waals surface area contributed by atoms with Gasteiger partial charge in [0.15, 0.2) is 0 Å². The molecule has 0 saturated heterocycles. The van der Waals surface area contributed by atoms with E-state index in [0.29, 0.717) is 5.69 Å². The van der Waals surface area contributed by atoms with Crippen LogP contribution in [0.5, 0.6) is 0 Å². The van der Waals surface area contributed by atoms with Crippen molar-refractivity contribution < 1.29 is 4.79 Å². The SMILES string of the molecule is C[C@@H](NC(=O)c1cc2cc(Br)ccc2[nH]1)c1cccs1. The molecule has 0 fully saturated rings. The van der Waals surface area contributed by atoms with E-state index in [1.165, 1.54) is 0 Å². The summed E-state index contributed by atoms with van der Waals surface area (Å²) in [5.74, 6) is -0.0850. The average molecular weight is 349 g/mol. The molecule has 2 heterocycles. The molecule has 1 aromatic carbocycles. The summed E-state index contributed by atoms with van der Waals surface area (Å²) in [7, 11) is 0. The topological polar surface area (TPSA) is 44.9 Å². The van der Waals surface area contributed by atoms with Gasteiger partial charge in [0, 0.05) is 20.3 Å². The van der Waals surface area contributed by atoms with E-state index in [9.17, 15) is 4.79 Å². The number of carbonyl (C=O) groups excluding carboxylic acids is 1. The van der Waals surface area contributed by atoms with Crippen molar-refractivity contribution in [3.05, 3.63) is 56.8 Å². The normalized spacial score (nSPS) is 12.5. The minimum absolute atomic E-state index is 0.0145. The number of thiophene rings is 1. The Morgan fingerprint density at radius 1 is 1.35 bits per heavy atom. The summed E-state index contributed by atoms with van der Waals surface area (Å²) < 4.78 is 1.00. The van der Waals surface area contributed by atoms with E-state index in [1.807, 2.05) is 48.7 Å². The van der Waals surface area contributed by atoms with Crippen molar-refractivity contribution in [2.24, 2.45) is 0 Å². The maximum atomic E-state index is 12.3. The molecular weight excluding hydrogens is 336 g/mol. The van der Waals surface area contributed by atoms with Crippen molar-refractivity contribution in [2.45, 2.75) is 13.0 Å². The molecule has 0 unspecified atom stereocenters. The highest BCUT2D eigenvalue weighted by Gasteiger charge is 2.14. The Morgan fingerprint density at radius 2 is 2.20 bits per heavy atom. The number of halogens is 1. The quantitative estimate of drug-likeness (QED) is 0.719. The second kappa shape index (κ2) is 5.42. The van der Waals surface area contributed by atoms with E-state index in [-0.39, 0.29) is 11.9 Å². The number of aromatic amines is 1. The predicted octanol–water partition coefficient (Wildman–Crippen LogP) is 4.48. The minimum atomic E-state index is -0.0850. The van der Waals surface area contributed by atoms with Gasteiger partial charge in [-0.3, -0.25) is 4.79 Å². The van der Waals surface area contributed by atoms with Crippen molar-refractivity contribution in [2.75, 3.05) is 0 Å². The fourth-order valence-corrected chi connectivity index (χ4v) is 3.22. The number of hydrogen-bond acceptors (Lipinski definition) is 2. The molecule has 1 amide bonds. The summed E-state index contributed by atoms with van der Waals surface area (Å²) in [6.07, 6.45) is 0. The van der Waals surface area contributed by atoms with Crippen molar-refractivity contribution in [3.63, 3.8) is 0 Å². The van der Waals surface area contributed by atoms with Crippen LogP contribution in [0.15, 0.2) is 46.3 Å². The van der Waals surface area contributed by atoms with E-state index in [1.54, 1.807) is 11.3 Å². The van der Waals surface area contributed by atoms with Crippen LogP contribution >= 0.6 is 27.3 Å². The third-order valence-corrected chi connectivity index (χ3v) is 4.69. The lowest BCUT2D eigenvalue weighted by Crippen LogP contribution is -2.26. The largest absolute Gasteiger partial charge is 0.351 e. The van der Waals surface area contributed by atoms with Gasteiger partial charge in [-0.1, -0.05) is 22.0 Å². The average Bonchev–Trinajstić information content (AvgIpc) is 3.07. The molecule has 20 heavy (non-hydrogen) atoms.